The fraction of sp³-hybridized carbons (Fsp3) is 0.375. The Hall–Kier alpha value is -3.21. The number of hydrogen-bond acceptors (Lipinski definition) is 8. The molecule has 1 aromatic heterocycles. The summed E-state index contributed by atoms with van der Waals surface area (Å²) in [5, 5.41) is 11.4. The lowest BCUT2D eigenvalue weighted by Gasteiger charge is -2.26. The number of halogens is 2. The number of nitrogens with zero attached hydrogens (tertiary/aromatic N) is 3. The van der Waals surface area contributed by atoms with Gasteiger partial charge in [0.15, 0.2) is 11.5 Å². The Morgan fingerprint density at radius 1 is 1.23 bits per heavy atom. The second-order valence-electron chi connectivity index (χ2n) is 7.67. The molecule has 2 heterocycles. The number of nitrogens with one attached hydrogen (secondary N) is 1. The van der Waals surface area contributed by atoms with Crippen molar-refractivity contribution in [2.24, 2.45) is 0 Å². The molecular weight excluding hydrogens is 479 g/mol. The molecule has 0 radical (unpaired) electrons. The van der Waals surface area contributed by atoms with Gasteiger partial charge in [-0.2, -0.15) is 0 Å². The maximum atomic E-state index is 13.5. The molecule has 0 amide bonds. The minimum atomic E-state index is -0.833. The van der Waals surface area contributed by atoms with Crippen LogP contribution in [0.4, 0.5) is 15.9 Å². The Morgan fingerprint density at radius 3 is 2.66 bits per heavy atom. The molecule has 0 spiro atoms. The fourth-order valence-electron chi connectivity index (χ4n) is 3.44. The fourth-order valence-corrected chi connectivity index (χ4v) is 3.62. The van der Waals surface area contributed by atoms with Gasteiger partial charge < -0.3 is 24.6 Å². The van der Waals surface area contributed by atoms with E-state index in [0.717, 1.165) is 51.6 Å². The Labute approximate surface area is 207 Å². The summed E-state index contributed by atoms with van der Waals surface area (Å²) in [6.45, 7) is 6.09. The standard InChI is InChI=1S/C22H24ClFN4O3.C2H4O2/c1-29-20-13-19-16(12-21(20)31-8-2-5-28-6-9-30-10-7-28)22(26-14-25-19)27-15-3-4-18(24)17(23)11-15;1-2(3)4/h3-4,11-14H,2,5-10H2,1H3,(H,25,26,27);1H3,(H,3,4). The van der Waals surface area contributed by atoms with Crippen LogP contribution in [0.1, 0.15) is 13.3 Å². The summed E-state index contributed by atoms with van der Waals surface area (Å²) < 4.78 is 30.4. The van der Waals surface area contributed by atoms with E-state index in [4.69, 9.17) is 35.7 Å². The van der Waals surface area contributed by atoms with Crippen LogP contribution in [0.15, 0.2) is 36.7 Å². The molecule has 9 nitrogen and oxygen atoms in total. The minimum absolute atomic E-state index is 0.0364. The predicted molar refractivity (Wildman–Crippen MR) is 131 cm³/mol. The number of carboxylic acid groups (broad SMARTS) is 1. The Balaban J connectivity index is 0.000000795. The molecule has 2 aromatic carbocycles. The molecular formula is C24H28ClFN4O5. The Morgan fingerprint density at radius 2 is 1.97 bits per heavy atom. The molecule has 1 fully saturated rings. The number of fused-ring (bicyclic) bond motifs is 1. The van der Waals surface area contributed by atoms with E-state index in [0.29, 0.717) is 35.1 Å². The van der Waals surface area contributed by atoms with Crippen molar-refractivity contribution in [2.45, 2.75) is 13.3 Å². The molecule has 0 aliphatic carbocycles. The quantitative estimate of drug-likeness (QED) is 0.431. The van der Waals surface area contributed by atoms with Crippen molar-refractivity contribution in [3.8, 4) is 11.5 Å². The maximum Gasteiger partial charge on any atom is 0.300 e. The zero-order valence-corrected chi connectivity index (χ0v) is 20.3. The van der Waals surface area contributed by atoms with Crippen LogP contribution < -0.4 is 14.8 Å². The summed E-state index contributed by atoms with van der Waals surface area (Å²) in [5.41, 5.74) is 1.32. The molecule has 2 N–H and O–H groups in total. The second-order valence-corrected chi connectivity index (χ2v) is 8.08. The van der Waals surface area contributed by atoms with Gasteiger partial charge in [-0.3, -0.25) is 9.69 Å². The molecule has 4 rings (SSSR count). The van der Waals surface area contributed by atoms with Crippen LogP contribution in [0.2, 0.25) is 5.02 Å². The van der Waals surface area contributed by atoms with E-state index >= 15 is 0 Å². The zero-order valence-electron chi connectivity index (χ0n) is 19.6. The van der Waals surface area contributed by atoms with Gasteiger partial charge in [0.25, 0.3) is 5.97 Å². The first-order valence-corrected chi connectivity index (χ1v) is 11.4. The number of carboxylic acids is 1. The number of hydrogen-bond donors (Lipinski definition) is 2. The van der Waals surface area contributed by atoms with E-state index in [9.17, 15) is 4.39 Å². The number of carbonyl (C=O) groups is 1. The van der Waals surface area contributed by atoms with Gasteiger partial charge in [-0.05, 0) is 30.7 Å². The van der Waals surface area contributed by atoms with Crippen LogP contribution in [0.25, 0.3) is 10.9 Å². The number of aliphatic carboxylic acids is 1. The summed E-state index contributed by atoms with van der Waals surface area (Å²) >= 11 is 5.90. The third-order valence-electron chi connectivity index (χ3n) is 5.08. The molecule has 1 aliphatic heterocycles. The van der Waals surface area contributed by atoms with Crippen LogP contribution in [-0.2, 0) is 9.53 Å². The molecule has 0 unspecified atom stereocenters. The Kier molecular flexibility index (Phi) is 9.83. The average molecular weight is 507 g/mol. The van der Waals surface area contributed by atoms with Crippen molar-refractivity contribution in [1.29, 1.82) is 0 Å². The van der Waals surface area contributed by atoms with E-state index < -0.39 is 11.8 Å². The molecule has 0 saturated carbocycles. The number of rotatable bonds is 8. The van der Waals surface area contributed by atoms with Gasteiger partial charge in [0, 0.05) is 43.7 Å². The van der Waals surface area contributed by atoms with Gasteiger partial charge in [0.2, 0.25) is 0 Å². The first kappa shape index (κ1) is 26.4. The van der Waals surface area contributed by atoms with Crippen molar-refractivity contribution in [2.75, 3.05) is 51.9 Å². The number of aromatic nitrogens is 2. The van der Waals surface area contributed by atoms with Crippen molar-refractivity contribution >= 4 is 40.0 Å². The van der Waals surface area contributed by atoms with E-state index in [1.165, 1.54) is 18.5 Å². The average Bonchev–Trinajstić information content (AvgIpc) is 2.84. The lowest BCUT2D eigenvalue weighted by Crippen LogP contribution is -2.37. The smallest absolute Gasteiger partial charge is 0.300 e. The van der Waals surface area contributed by atoms with Crippen LogP contribution in [0, 0.1) is 5.82 Å². The number of benzene rings is 2. The SMILES string of the molecule is CC(=O)O.COc1cc2ncnc(Nc3ccc(F)c(Cl)c3)c2cc1OCCCN1CCOCC1. The molecule has 35 heavy (non-hydrogen) atoms. The normalized spacial score (nSPS) is 13.6. The highest BCUT2D eigenvalue weighted by Gasteiger charge is 2.14. The molecule has 3 aromatic rings. The van der Waals surface area contributed by atoms with Gasteiger partial charge >= 0.3 is 0 Å². The summed E-state index contributed by atoms with van der Waals surface area (Å²) in [4.78, 5) is 20.0. The van der Waals surface area contributed by atoms with Crippen molar-refractivity contribution in [1.82, 2.24) is 14.9 Å². The maximum absolute atomic E-state index is 13.5. The highest BCUT2D eigenvalue weighted by molar-refractivity contribution is 6.31. The van der Waals surface area contributed by atoms with Gasteiger partial charge in [0.05, 0.1) is 37.5 Å². The summed E-state index contributed by atoms with van der Waals surface area (Å²) in [6.07, 6.45) is 2.35. The lowest BCUT2D eigenvalue weighted by atomic mass is 10.2. The molecule has 0 bridgehead atoms. The third kappa shape index (κ3) is 7.91. The lowest BCUT2D eigenvalue weighted by molar-refractivity contribution is -0.134. The monoisotopic (exact) mass is 506 g/mol. The van der Waals surface area contributed by atoms with E-state index in [2.05, 4.69) is 20.2 Å². The summed E-state index contributed by atoms with van der Waals surface area (Å²) in [6, 6.07) is 8.09. The van der Waals surface area contributed by atoms with Crippen molar-refractivity contribution in [3.63, 3.8) is 0 Å². The second kappa shape index (κ2) is 13.0. The van der Waals surface area contributed by atoms with Crippen molar-refractivity contribution < 1.29 is 28.5 Å². The van der Waals surface area contributed by atoms with Crippen LogP contribution in [-0.4, -0.2) is 72.5 Å². The first-order chi connectivity index (χ1) is 16.9. The summed E-state index contributed by atoms with van der Waals surface area (Å²) in [7, 11) is 1.60. The van der Waals surface area contributed by atoms with E-state index in [-0.39, 0.29) is 5.02 Å². The van der Waals surface area contributed by atoms with E-state index in [1.807, 2.05) is 12.1 Å². The predicted octanol–water partition coefficient (Wildman–Crippen LogP) is 4.37. The highest BCUT2D eigenvalue weighted by atomic mass is 35.5. The molecule has 0 atom stereocenters. The topological polar surface area (TPSA) is 106 Å². The van der Waals surface area contributed by atoms with Crippen LogP contribution in [0.3, 0.4) is 0 Å². The molecule has 188 valence electrons. The molecule has 1 saturated heterocycles. The van der Waals surface area contributed by atoms with Crippen LogP contribution >= 0.6 is 11.6 Å². The molecule has 11 heteroatoms. The van der Waals surface area contributed by atoms with Gasteiger partial charge in [-0.1, -0.05) is 11.6 Å². The number of anilines is 2. The van der Waals surface area contributed by atoms with E-state index in [1.54, 1.807) is 13.2 Å². The van der Waals surface area contributed by atoms with Gasteiger partial charge in [-0.15, -0.1) is 0 Å². The number of ether oxygens (including phenoxy) is 3. The first-order valence-electron chi connectivity index (χ1n) is 11.0. The number of methoxy groups -OCH3 is 1. The van der Waals surface area contributed by atoms with Crippen molar-refractivity contribution in [3.05, 3.63) is 47.5 Å². The summed E-state index contributed by atoms with van der Waals surface area (Å²) in [5.74, 6) is 0.478. The minimum Gasteiger partial charge on any atom is -0.493 e. The van der Waals surface area contributed by atoms with Crippen LogP contribution in [0.5, 0.6) is 11.5 Å². The number of morpholine rings is 1. The highest BCUT2D eigenvalue weighted by Crippen LogP contribution is 2.35. The Bertz CT molecular complexity index is 1140. The zero-order chi connectivity index (χ0) is 25.2. The third-order valence-corrected chi connectivity index (χ3v) is 5.37. The largest absolute Gasteiger partial charge is 0.493 e. The molecule has 1 aliphatic rings. The van der Waals surface area contributed by atoms with Gasteiger partial charge in [0.1, 0.15) is 18.0 Å². The van der Waals surface area contributed by atoms with Gasteiger partial charge in [-0.25, -0.2) is 14.4 Å².